The average Bonchev–Trinajstić information content (AvgIpc) is 2.62. The number of rotatable bonds is 5. The highest BCUT2D eigenvalue weighted by Gasteiger charge is 2.19. The SMILES string of the molecule is COc1ccc(CN2CCN(c3cccc(C(=O)O)n3)CC2)cc1F. The van der Waals surface area contributed by atoms with E-state index in [-0.39, 0.29) is 17.3 Å². The Labute approximate surface area is 145 Å². The van der Waals surface area contributed by atoms with Crippen LogP contribution in [0.25, 0.3) is 0 Å². The standard InChI is InChI=1S/C18H20FN3O3/c1-25-16-6-5-13(11-14(16)19)12-21-7-9-22(10-8-21)17-4-2-3-15(20-17)18(23)24/h2-6,11H,7-10,12H2,1H3,(H,23,24). The van der Waals surface area contributed by atoms with Gasteiger partial charge in [-0.15, -0.1) is 0 Å². The first kappa shape index (κ1) is 17.2. The lowest BCUT2D eigenvalue weighted by Crippen LogP contribution is -2.46. The molecule has 3 rings (SSSR count). The van der Waals surface area contributed by atoms with Crippen LogP contribution in [0.15, 0.2) is 36.4 Å². The molecule has 1 aliphatic rings. The van der Waals surface area contributed by atoms with E-state index in [1.165, 1.54) is 19.2 Å². The molecule has 0 radical (unpaired) electrons. The number of carbonyl (C=O) groups is 1. The maximum absolute atomic E-state index is 13.8. The molecule has 0 bridgehead atoms. The van der Waals surface area contributed by atoms with E-state index in [1.54, 1.807) is 12.1 Å². The van der Waals surface area contributed by atoms with Gasteiger partial charge in [0, 0.05) is 32.7 Å². The Kier molecular flexibility index (Phi) is 5.14. The normalized spacial score (nSPS) is 15.2. The summed E-state index contributed by atoms with van der Waals surface area (Å²) in [5, 5.41) is 9.04. The van der Waals surface area contributed by atoms with Crippen molar-refractivity contribution in [2.75, 3.05) is 38.2 Å². The van der Waals surface area contributed by atoms with Crippen molar-refractivity contribution in [1.82, 2.24) is 9.88 Å². The van der Waals surface area contributed by atoms with Gasteiger partial charge in [0.1, 0.15) is 5.82 Å². The molecular weight excluding hydrogens is 325 g/mol. The summed E-state index contributed by atoms with van der Waals surface area (Å²) in [5.41, 5.74) is 0.950. The third-order valence-electron chi connectivity index (χ3n) is 4.27. The van der Waals surface area contributed by atoms with E-state index in [2.05, 4.69) is 14.8 Å². The molecule has 1 N–H and O–H groups in total. The molecule has 7 heteroatoms. The van der Waals surface area contributed by atoms with Gasteiger partial charge in [0.05, 0.1) is 7.11 Å². The zero-order chi connectivity index (χ0) is 17.8. The minimum atomic E-state index is -1.03. The van der Waals surface area contributed by atoms with Crippen LogP contribution in [0, 0.1) is 5.82 Å². The Balaban J connectivity index is 1.59. The van der Waals surface area contributed by atoms with E-state index in [9.17, 15) is 9.18 Å². The number of carboxylic acid groups (broad SMARTS) is 1. The van der Waals surface area contributed by atoms with Crippen LogP contribution in [0.4, 0.5) is 10.2 Å². The molecule has 0 spiro atoms. The fourth-order valence-electron chi connectivity index (χ4n) is 2.92. The van der Waals surface area contributed by atoms with Gasteiger partial charge in [-0.05, 0) is 29.8 Å². The number of ether oxygens (including phenoxy) is 1. The fraction of sp³-hybridized carbons (Fsp3) is 0.333. The van der Waals surface area contributed by atoms with Crippen LogP contribution >= 0.6 is 0 Å². The van der Waals surface area contributed by atoms with Crippen molar-refractivity contribution in [2.45, 2.75) is 6.54 Å². The first-order valence-electron chi connectivity index (χ1n) is 8.07. The summed E-state index contributed by atoms with van der Waals surface area (Å²) in [7, 11) is 1.45. The van der Waals surface area contributed by atoms with Crippen molar-refractivity contribution >= 4 is 11.8 Å². The summed E-state index contributed by atoms with van der Waals surface area (Å²) < 4.78 is 18.7. The van der Waals surface area contributed by atoms with Crippen molar-refractivity contribution in [2.24, 2.45) is 0 Å². The molecule has 1 aromatic heterocycles. The van der Waals surface area contributed by atoms with Gasteiger partial charge >= 0.3 is 5.97 Å². The number of methoxy groups -OCH3 is 1. The highest BCUT2D eigenvalue weighted by atomic mass is 19.1. The molecule has 25 heavy (non-hydrogen) atoms. The number of hydrogen-bond donors (Lipinski definition) is 1. The number of carboxylic acids is 1. The first-order chi connectivity index (χ1) is 12.1. The minimum absolute atomic E-state index is 0.0497. The molecule has 0 amide bonds. The Bertz CT molecular complexity index is 761. The number of benzene rings is 1. The smallest absolute Gasteiger partial charge is 0.354 e. The number of hydrogen-bond acceptors (Lipinski definition) is 5. The topological polar surface area (TPSA) is 65.9 Å². The fourth-order valence-corrected chi connectivity index (χ4v) is 2.92. The van der Waals surface area contributed by atoms with Gasteiger partial charge in [0.2, 0.25) is 0 Å². The molecule has 0 unspecified atom stereocenters. The van der Waals surface area contributed by atoms with Crippen LogP contribution in [0.5, 0.6) is 5.75 Å². The van der Waals surface area contributed by atoms with Crippen LogP contribution in [-0.2, 0) is 6.54 Å². The predicted octanol–water partition coefficient (Wildman–Crippen LogP) is 2.25. The summed E-state index contributed by atoms with van der Waals surface area (Å²) in [4.78, 5) is 19.5. The minimum Gasteiger partial charge on any atom is -0.494 e. The van der Waals surface area contributed by atoms with Gasteiger partial charge in [-0.25, -0.2) is 14.2 Å². The molecule has 2 aromatic rings. The van der Waals surface area contributed by atoms with E-state index in [0.717, 1.165) is 31.7 Å². The van der Waals surface area contributed by atoms with Gasteiger partial charge in [0.15, 0.2) is 17.3 Å². The highest BCUT2D eigenvalue weighted by Crippen LogP contribution is 2.20. The van der Waals surface area contributed by atoms with E-state index in [0.29, 0.717) is 12.4 Å². The number of aromatic carboxylic acids is 1. The Morgan fingerprint density at radius 1 is 1.24 bits per heavy atom. The maximum Gasteiger partial charge on any atom is 0.354 e. The second-order valence-electron chi connectivity index (χ2n) is 5.92. The summed E-state index contributed by atoms with van der Waals surface area (Å²) in [6.07, 6.45) is 0. The number of aromatic nitrogens is 1. The van der Waals surface area contributed by atoms with E-state index in [1.807, 2.05) is 12.1 Å². The number of piperazine rings is 1. The summed E-state index contributed by atoms with van der Waals surface area (Å²) in [6, 6.07) is 10.0. The molecule has 2 heterocycles. The third-order valence-corrected chi connectivity index (χ3v) is 4.27. The monoisotopic (exact) mass is 345 g/mol. The average molecular weight is 345 g/mol. The van der Waals surface area contributed by atoms with Crippen LogP contribution < -0.4 is 9.64 Å². The number of pyridine rings is 1. The second-order valence-corrected chi connectivity index (χ2v) is 5.92. The largest absolute Gasteiger partial charge is 0.494 e. The maximum atomic E-state index is 13.8. The van der Waals surface area contributed by atoms with E-state index < -0.39 is 5.97 Å². The molecule has 0 saturated carbocycles. The zero-order valence-corrected chi connectivity index (χ0v) is 14.0. The third kappa shape index (κ3) is 4.06. The predicted molar refractivity (Wildman–Crippen MR) is 91.6 cm³/mol. The summed E-state index contributed by atoms with van der Waals surface area (Å²) >= 11 is 0. The van der Waals surface area contributed by atoms with Crippen molar-refractivity contribution in [3.05, 3.63) is 53.5 Å². The molecule has 0 aliphatic carbocycles. The molecule has 1 aromatic carbocycles. The van der Waals surface area contributed by atoms with Crippen molar-refractivity contribution < 1.29 is 19.0 Å². The van der Waals surface area contributed by atoms with Crippen LogP contribution in [0.3, 0.4) is 0 Å². The highest BCUT2D eigenvalue weighted by molar-refractivity contribution is 5.85. The van der Waals surface area contributed by atoms with Crippen LogP contribution in [0.1, 0.15) is 16.1 Å². The lowest BCUT2D eigenvalue weighted by Gasteiger charge is -2.35. The quantitative estimate of drug-likeness (QED) is 0.897. The molecular formula is C18H20FN3O3. The number of anilines is 1. The Morgan fingerprint density at radius 2 is 2.00 bits per heavy atom. The molecule has 132 valence electrons. The molecule has 6 nitrogen and oxygen atoms in total. The Morgan fingerprint density at radius 3 is 2.64 bits per heavy atom. The second kappa shape index (κ2) is 7.48. The molecule has 1 aliphatic heterocycles. The van der Waals surface area contributed by atoms with Gasteiger partial charge in [-0.2, -0.15) is 0 Å². The van der Waals surface area contributed by atoms with E-state index >= 15 is 0 Å². The number of halogens is 1. The molecule has 1 fully saturated rings. The van der Waals surface area contributed by atoms with Gasteiger partial charge in [-0.3, -0.25) is 4.90 Å². The van der Waals surface area contributed by atoms with Crippen LogP contribution in [-0.4, -0.2) is 54.2 Å². The Hall–Kier alpha value is -2.67. The molecule has 1 saturated heterocycles. The number of nitrogens with zero attached hydrogens (tertiary/aromatic N) is 3. The van der Waals surface area contributed by atoms with E-state index in [4.69, 9.17) is 9.84 Å². The summed E-state index contributed by atoms with van der Waals surface area (Å²) in [5.74, 6) is -0.455. The zero-order valence-electron chi connectivity index (χ0n) is 14.0. The van der Waals surface area contributed by atoms with Crippen molar-refractivity contribution in [3.8, 4) is 5.75 Å². The van der Waals surface area contributed by atoms with Crippen molar-refractivity contribution in [1.29, 1.82) is 0 Å². The molecule has 0 atom stereocenters. The van der Waals surface area contributed by atoms with Gasteiger partial charge in [0.25, 0.3) is 0 Å². The van der Waals surface area contributed by atoms with Gasteiger partial charge in [-0.1, -0.05) is 12.1 Å². The lowest BCUT2D eigenvalue weighted by molar-refractivity contribution is 0.0690. The van der Waals surface area contributed by atoms with Gasteiger partial charge < -0.3 is 14.7 Å². The van der Waals surface area contributed by atoms with Crippen LogP contribution in [0.2, 0.25) is 0 Å². The van der Waals surface area contributed by atoms with Crippen molar-refractivity contribution in [3.63, 3.8) is 0 Å². The summed E-state index contributed by atoms with van der Waals surface area (Å²) in [6.45, 7) is 3.75. The lowest BCUT2D eigenvalue weighted by atomic mass is 10.2. The first-order valence-corrected chi connectivity index (χ1v) is 8.07.